The van der Waals surface area contributed by atoms with Gasteiger partial charge in [0.15, 0.2) is 0 Å². The van der Waals surface area contributed by atoms with Gasteiger partial charge in [0, 0.05) is 11.7 Å². The second kappa shape index (κ2) is 6.09. The molecular weight excluding hydrogens is 238 g/mol. The number of hydrogen-bond donors (Lipinski definition) is 2. The molecule has 2 unspecified atom stereocenters. The molecule has 0 amide bonds. The fourth-order valence-electron chi connectivity index (χ4n) is 2.98. The van der Waals surface area contributed by atoms with Crippen LogP contribution in [-0.4, -0.2) is 17.1 Å². The molecule has 104 valence electrons. The van der Waals surface area contributed by atoms with Crippen molar-refractivity contribution in [3.8, 4) is 0 Å². The third-order valence-electron chi connectivity index (χ3n) is 4.17. The molecule has 0 spiro atoms. The molecule has 0 saturated heterocycles. The van der Waals surface area contributed by atoms with Crippen LogP contribution in [0.25, 0.3) is 0 Å². The Kier molecular flexibility index (Phi) is 4.46. The van der Waals surface area contributed by atoms with Gasteiger partial charge in [-0.2, -0.15) is 0 Å². The smallest absolute Gasteiger partial charge is 0.337 e. The summed E-state index contributed by atoms with van der Waals surface area (Å²) in [5.41, 5.74) is 1.12. The maximum absolute atomic E-state index is 11.2. The van der Waals surface area contributed by atoms with Crippen molar-refractivity contribution in [1.29, 1.82) is 0 Å². The lowest BCUT2D eigenvalue weighted by atomic mass is 9.79. The Bertz CT molecular complexity index is 442. The second-order valence-corrected chi connectivity index (χ2v) is 5.86. The molecule has 1 aliphatic rings. The molecule has 0 bridgehead atoms. The van der Waals surface area contributed by atoms with Gasteiger partial charge < -0.3 is 10.4 Å². The predicted octanol–water partition coefficient (Wildman–Crippen LogP) is 4.01. The van der Waals surface area contributed by atoms with Crippen molar-refractivity contribution < 1.29 is 9.90 Å². The summed E-state index contributed by atoms with van der Waals surface area (Å²) in [6.45, 7) is 4.55. The number of carboxylic acid groups (broad SMARTS) is 1. The summed E-state index contributed by atoms with van der Waals surface area (Å²) in [5.74, 6) is 0.599. The van der Waals surface area contributed by atoms with Gasteiger partial charge in [-0.15, -0.1) is 0 Å². The number of rotatable bonds is 4. The lowest BCUT2D eigenvalue weighted by Crippen LogP contribution is -2.30. The fourth-order valence-corrected chi connectivity index (χ4v) is 2.98. The van der Waals surface area contributed by atoms with Crippen LogP contribution < -0.4 is 5.32 Å². The molecule has 2 rings (SSSR count). The van der Waals surface area contributed by atoms with Crippen molar-refractivity contribution in [3.63, 3.8) is 0 Å². The highest BCUT2D eigenvalue weighted by molar-refractivity contribution is 5.94. The van der Waals surface area contributed by atoms with Crippen LogP contribution in [-0.2, 0) is 0 Å². The van der Waals surface area contributed by atoms with Crippen molar-refractivity contribution in [3.05, 3.63) is 29.8 Å². The number of para-hydroxylation sites is 1. The molecule has 3 heteroatoms. The summed E-state index contributed by atoms with van der Waals surface area (Å²) >= 11 is 0. The summed E-state index contributed by atoms with van der Waals surface area (Å²) in [6, 6.07) is 7.58. The molecule has 0 aliphatic heterocycles. The summed E-state index contributed by atoms with van der Waals surface area (Å²) in [4.78, 5) is 11.2. The van der Waals surface area contributed by atoms with Crippen molar-refractivity contribution in [2.75, 3.05) is 5.32 Å². The molecule has 2 N–H and O–H groups in total. The topological polar surface area (TPSA) is 49.3 Å². The second-order valence-electron chi connectivity index (χ2n) is 5.86. The molecule has 2 atom stereocenters. The molecule has 1 aromatic carbocycles. The van der Waals surface area contributed by atoms with Crippen LogP contribution in [0.4, 0.5) is 5.69 Å². The van der Waals surface area contributed by atoms with E-state index in [2.05, 4.69) is 19.2 Å². The normalized spacial score (nSPS) is 23.3. The summed E-state index contributed by atoms with van der Waals surface area (Å²) < 4.78 is 0. The lowest BCUT2D eigenvalue weighted by Gasteiger charge is -2.33. The van der Waals surface area contributed by atoms with Crippen LogP contribution in [0, 0.1) is 11.8 Å². The number of aromatic carboxylic acids is 1. The highest BCUT2D eigenvalue weighted by Crippen LogP contribution is 2.32. The van der Waals surface area contributed by atoms with Gasteiger partial charge in [-0.3, -0.25) is 0 Å². The number of anilines is 1. The standard InChI is InChI=1S/C16H23NO2/c1-11(2)12-6-5-7-13(10-12)17-15-9-4-3-8-14(15)16(18)19/h3-4,8-9,11-13,17H,5-7,10H2,1-2H3,(H,18,19). The summed E-state index contributed by atoms with van der Waals surface area (Å²) in [7, 11) is 0. The average Bonchev–Trinajstić information content (AvgIpc) is 2.39. The van der Waals surface area contributed by atoms with E-state index in [1.54, 1.807) is 12.1 Å². The highest BCUT2D eigenvalue weighted by atomic mass is 16.4. The number of carboxylic acids is 1. The first-order valence-electron chi connectivity index (χ1n) is 7.16. The number of nitrogens with one attached hydrogen (secondary N) is 1. The SMILES string of the molecule is CC(C)C1CCCC(Nc2ccccc2C(=O)O)C1. The van der Waals surface area contributed by atoms with Crippen LogP contribution in [0.2, 0.25) is 0 Å². The first-order valence-corrected chi connectivity index (χ1v) is 7.16. The Balaban J connectivity index is 2.07. The predicted molar refractivity (Wildman–Crippen MR) is 77.6 cm³/mol. The third kappa shape index (κ3) is 3.49. The van der Waals surface area contributed by atoms with Crippen LogP contribution in [0.1, 0.15) is 49.9 Å². The van der Waals surface area contributed by atoms with Gasteiger partial charge in [-0.1, -0.05) is 38.8 Å². The molecule has 3 nitrogen and oxygen atoms in total. The van der Waals surface area contributed by atoms with Crippen molar-refractivity contribution in [2.45, 2.75) is 45.6 Å². The van der Waals surface area contributed by atoms with E-state index in [1.165, 1.54) is 12.8 Å². The zero-order chi connectivity index (χ0) is 13.8. The Morgan fingerprint density at radius 3 is 2.74 bits per heavy atom. The van der Waals surface area contributed by atoms with E-state index in [1.807, 2.05) is 12.1 Å². The minimum atomic E-state index is -0.862. The van der Waals surface area contributed by atoms with E-state index < -0.39 is 5.97 Å². The van der Waals surface area contributed by atoms with E-state index in [9.17, 15) is 9.90 Å². The quantitative estimate of drug-likeness (QED) is 0.861. The van der Waals surface area contributed by atoms with Crippen molar-refractivity contribution in [2.24, 2.45) is 11.8 Å². The van der Waals surface area contributed by atoms with Gasteiger partial charge in [-0.25, -0.2) is 4.79 Å². The fraction of sp³-hybridized carbons (Fsp3) is 0.562. The molecule has 1 aliphatic carbocycles. The molecule has 1 fully saturated rings. The molecule has 0 heterocycles. The molecule has 0 radical (unpaired) electrons. The van der Waals surface area contributed by atoms with Gasteiger partial charge in [0.1, 0.15) is 0 Å². The van der Waals surface area contributed by atoms with Crippen molar-refractivity contribution in [1.82, 2.24) is 0 Å². The highest BCUT2D eigenvalue weighted by Gasteiger charge is 2.24. The Hall–Kier alpha value is -1.51. The largest absolute Gasteiger partial charge is 0.478 e. The van der Waals surface area contributed by atoms with E-state index >= 15 is 0 Å². The monoisotopic (exact) mass is 261 g/mol. The zero-order valence-corrected chi connectivity index (χ0v) is 11.7. The van der Waals surface area contributed by atoms with Crippen LogP contribution >= 0.6 is 0 Å². The van der Waals surface area contributed by atoms with E-state index in [-0.39, 0.29) is 0 Å². The van der Waals surface area contributed by atoms with Crippen LogP contribution in [0.15, 0.2) is 24.3 Å². The maximum atomic E-state index is 11.2. The van der Waals surface area contributed by atoms with Gasteiger partial charge in [0.05, 0.1) is 5.56 Å². The average molecular weight is 261 g/mol. The molecule has 0 aromatic heterocycles. The first kappa shape index (κ1) is 13.9. The zero-order valence-electron chi connectivity index (χ0n) is 11.7. The van der Waals surface area contributed by atoms with E-state index in [4.69, 9.17) is 0 Å². The van der Waals surface area contributed by atoms with E-state index in [0.29, 0.717) is 17.5 Å². The first-order chi connectivity index (χ1) is 9.08. The Labute approximate surface area is 115 Å². The Morgan fingerprint density at radius 1 is 1.32 bits per heavy atom. The van der Waals surface area contributed by atoms with E-state index in [0.717, 1.165) is 24.4 Å². The minimum absolute atomic E-state index is 0.370. The maximum Gasteiger partial charge on any atom is 0.337 e. The number of hydrogen-bond acceptors (Lipinski definition) is 2. The molecule has 19 heavy (non-hydrogen) atoms. The van der Waals surface area contributed by atoms with Gasteiger partial charge in [0.2, 0.25) is 0 Å². The minimum Gasteiger partial charge on any atom is -0.478 e. The molecule has 1 saturated carbocycles. The Morgan fingerprint density at radius 2 is 2.05 bits per heavy atom. The van der Waals surface area contributed by atoms with Gasteiger partial charge >= 0.3 is 5.97 Å². The third-order valence-corrected chi connectivity index (χ3v) is 4.17. The lowest BCUT2D eigenvalue weighted by molar-refractivity contribution is 0.0698. The molecular formula is C16H23NO2. The van der Waals surface area contributed by atoms with Gasteiger partial charge in [0.25, 0.3) is 0 Å². The van der Waals surface area contributed by atoms with Crippen molar-refractivity contribution >= 4 is 11.7 Å². The summed E-state index contributed by atoms with van der Waals surface area (Å²) in [5, 5.41) is 12.6. The van der Waals surface area contributed by atoms with Gasteiger partial charge in [-0.05, 0) is 36.8 Å². The molecule has 1 aromatic rings. The van der Waals surface area contributed by atoms with Crippen LogP contribution in [0.3, 0.4) is 0 Å². The summed E-state index contributed by atoms with van der Waals surface area (Å²) in [6.07, 6.45) is 4.81. The number of carbonyl (C=O) groups is 1. The van der Waals surface area contributed by atoms with Crippen LogP contribution in [0.5, 0.6) is 0 Å². The number of benzene rings is 1.